The van der Waals surface area contributed by atoms with Gasteiger partial charge in [0.2, 0.25) is 0 Å². The molecule has 75 heavy (non-hydrogen) atoms. The van der Waals surface area contributed by atoms with Gasteiger partial charge in [-0.3, -0.25) is 0 Å². The lowest BCUT2D eigenvalue weighted by atomic mass is 9.44. The number of benzene rings is 10. The molecular formula is C66H45B3N6. The number of hydrogen-bond acceptors (Lipinski definition) is 6. The van der Waals surface area contributed by atoms with Crippen molar-refractivity contribution < 1.29 is 0 Å². The van der Waals surface area contributed by atoms with Crippen LogP contribution in [-0.2, 0) is 0 Å². The normalized spacial score (nSPS) is 14.6. The largest absolute Gasteiger partial charge is 0.422 e. The third-order valence-electron chi connectivity index (χ3n) is 16.3. The number of nitrogens with zero attached hydrogens (tertiary/aromatic N) is 6. The summed E-state index contributed by atoms with van der Waals surface area (Å²) in [6.07, 6.45) is 10.5. The standard InChI is InChI=1S/C66H45B3N6/c1-2-3-4-24-43-70-58-44-59-63-61-57(42-40-53-51-36-21-23-38-55(51)72(46-27-12-6-13-28-46)68(65(53)61)75(59)49-33-18-9-19-34-49)74(48-31-16-8-17-32-48)69-66(63)62(58)60-56(73(69)47-29-14-7-15-30-47)41-39-52-50-35-20-22-37-54(50)71(67(70)64(52)60)45-25-10-5-11-26-45/h2-44H,1H2/b4-3-,43-24+. The van der Waals surface area contributed by atoms with Crippen LogP contribution in [0.25, 0.3) is 44.5 Å². The fraction of sp³-hybridized carbons (Fsp3) is 0. The van der Waals surface area contributed by atoms with Crippen molar-refractivity contribution in [1.82, 2.24) is 0 Å². The van der Waals surface area contributed by atoms with Crippen LogP contribution < -0.4 is 45.3 Å². The van der Waals surface area contributed by atoms with Crippen LogP contribution >= 0.6 is 0 Å². The molecule has 0 fully saturated rings. The number of hydrogen-bond donors (Lipinski definition) is 0. The van der Waals surface area contributed by atoms with Gasteiger partial charge in [0.15, 0.2) is 0 Å². The second kappa shape index (κ2) is 16.2. The number of anilines is 11. The van der Waals surface area contributed by atoms with E-state index >= 15 is 0 Å². The second-order valence-electron chi connectivity index (χ2n) is 20.0. The molecule has 0 saturated heterocycles. The Morgan fingerprint density at radius 1 is 0.280 bits per heavy atom. The van der Waals surface area contributed by atoms with Crippen molar-refractivity contribution >= 4 is 99.9 Å². The SMILES string of the molecule is C=C/C=C\C=C\N1B2c3c(ccc4c3-c3c1cc1c5c3B(N4c3ccccc3)N(c3ccccc3)c3ccc4c(c3-5)B(N(c3ccccc3)c3ccccc3-4)N1c1ccccc1)-c1ccccc1N2c1ccccc1. The Hall–Kier alpha value is -9.59. The minimum absolute atomic E-state index is 0.268. The van der Waals surface area contributed by atoms with Gasteiger partial charge in [0.05, 0.1) is 0 Å². The number of allylic oxidation sites excluding steroid dienone is 4. The van der Waals surface area contributed by atoms with Crippen LogP contribution in [0.5, 0.6) is 0 Å². The molecule has 0 aromatic heterocycles. The zero-order valence-corrected chi connectivity index (χ0v) is 40.9. The van der Waals surface area contributed by atoms with E-state index in [4.69, 9.17) is 0 Å². The second-order valence-corrected chi connectivity index (χ2v) is 20.0. The predicted octanol–water partition coefficient (Wildman–Crippen LogP) is 14.3. The maximum absolute atomic E-state index is 4.06. The molecule has 0 amide bonds. The topological polar surface area (TPSA) is 19.4 Å². The molecule has 0 unspecified atom stereocenters. The fourth-order valence-electron chi connectivity index (χ4n) is 13.5. The van der Waals surface area contributed by atoms with Gasteiger partial charge in [-0.25, -0.2) is 0 Å². The van der Waals surface area contributed by atoms with Gasteiger partial charge in [-0.1, -0.05) is 164 Å². The molecule has 6 aliphatic rings. The molecule has 6 aliphatic heterocycles. The minimum atomic E-state index is -0.297. The molecule has 0 atom stereocenters. The number of fused-ring (bicyclic) bond motifs is 4. The van der Waals surface area contributed by atoms with Gasteiger partial charge < -0.3 is 28.9 Å². The van der Waals surface area contributed by atoms with E-state index in [0.717, 1.165) is 34.1 Å². The monoisotopic (exact) mass is 954 g/mol. The first kappa shape index (κ1) is 42.0. The van der Waals surface area contributed by atoms with Crippen LogP contribution in [0.4, 0.5) is 62.6 Å². The molecule has 0 spiro atoms. The molecule has 6 heterocycles. The average Bonchev–Trinajstić information content (AvgIpc) is 3.67. The molecule has 10 aromatic carbocycles. The maximum Gasteiger partial charge on any atom is 0.422 e. The van der Waals surface area contributed by atoms with Crippen LogP contribution in [0.15, 0.2) is 268 Å². The van der Waals surface area contributed by atoms with E-state index in [0.29, 0.717) is 0 Å². The van der Waals surface area contributed by atoms with E-state index in [1.807, 2.05) is 12.2 Å². The molecule has 0 N–H and O–H groups in total. The van der Waals surface area contributed by atoms with Crippen molar-refractivity contribution in [3.63, 3.8) is 0 Å². The fourth-order valence-corrected chi connectivity index (χ4v) is 13.5. The van der Waals surface area contributed by atoms with Gasteiger partial charge in [-0.15, -0.1) is 0 Å². The third-order valence-corrected chi connectivity index (χ3v) is 16.3. The zero-order valence-electron chi connectivity index (χ0n) is 40.9. The summed E-state index contributed by atoms with van der Waals surface area (Å²) in [6, 6.07) is 85.6. The average molecular weight is 955 g/mol. The molecule has 0 radical (unpaired) electrons. The summed E-state index contributed by atoms with van der Waals surface area (Å²) >= 11 is 0. The Kier molecular flexibility index (Phi) is 9.07. The summed E-state index contributed by atoms with van der Waals surface area (Å²) in [6.45, 7) is 3.22. The first-order valence-electron chi connectivity index (χ1n) is 26.0. The summed E-state index contributed by atoms with van der Waals surface area (Å²) in [5.74, 6) is 0. The van der Waals surface area contributed by atoms with E-state index in [-0.39, 0.29) is 20.9 Å². The van der Waals surface area contributed by atoms with Gasteiger partial charge in [-0.2, -0.15) is 0 Å². The lowest BCUT2D eigenvalue weighted by Crippen LogP contribution is -2.69. The Balaban J connectivity index is 1.12. The molecule has 0 aliphatic carbocycles. The molecule has 9 heteroatoms. The Bertz CT molecular complexity index is 4000. The smallest absolute Gasteiger partial charge is 0.367 e. The molecule has 348 valence electrons. The first-order valence-corrected chi connectivity index (χ1v) is 26.0. The van der Waals surface area contributed by atoms with E-state index in [2.05, 4.69) is 284 Å². The van der Waals surface area contributed by atoms with E-state index in [1.54, 1.807) is 0 Å². The Morgan fingerprint density at radius 2 is 0.640 bits per heavy atom. The van der Waals surface area contributed by atoms with Crippen molar-refractivity contribution in [2.24, 2.45) is 0 Å². The van der Waals surface area contributed by atoms with Gasteiger partial charge in [0.1, 0.15) is 0 Å². The van der Waals surface area contributed by atoms with Crippen LogP contribution in [0.3, 0.4) is 0 Å². The molecule has 10 aromatic rings. The van der Waals surface area contributed by atoms with E-state index in [9.17, 15) is 0 Å². The highest BCUT2D eigenvalue weighted by Crippen LogP contribution is 2.60. The predicted molar refractivity (Wildman–Crippen MR) is 318 cm³/mol. The summed E-state index contributed by atoms with van der Waals surface area (Å²) in [5.41, 5.74) is 26.6. The van der Waals surface area contributed by atoms with E-state index < -0.39 is 0 Å². The van der Waals surface area contributed by atoms with Crippen LogP contribution in [-0.4, -0.2) is 20.9 Å². The highest BCUT2D eigenvalue weighted by Gasteiger charge is 2.58. The van der Waals surface area contributed by atoms with Crippen molar-refractivity contribution in [1.29, 1.82) is 0 Å². The van der Waals surface area contributed by atoms with Crippen LogP contribution in [0.1, 0.15) is 0 Å². The molecular weight excluding hydrogens is 909 g/mol. The first-order chi connectivity index (χ1) is 37.3. The minimum Gasteiger partial charge on any atom is -0.367 e. The van der Waals surface area contributed by atoms with Gasteiger partial charge in [0, 0.05) is 95.9 Å². The lowest BCUT2D eigenvalue weighted by Gasteiger charge is -2.56. The van der Waals surface area contributed by atoms with E-state index in [1.165, 1.54) is 89.3 Å². The van der Waals surface area contributed by atoms with Crippen molar-refractivity contribution in [2.45, 2.75) is 0 Å². The van der Waals surface area contributed by atoms with Crippen LogP contribution in [0.2, 0.25) is 0 Å². The van der Waals surface area contributed by atoms with Crippen LogP contribution in [0, 0.1) is 0 Å². The Labute approximate surface area is 438 Å². The van der Waals surface area contributed by atoms with Crippen molar-refractivity contribution in [3.8, 4) is 44.5 Å². The molecule has 0 bridgehead atoms. The summed E-state index contributed by atoms with van der Waals surface area (Å²) in [7, 11) is 0. The highest BCUT2D eigenvalue weighted by atomic mass is 15.3. The van der Waals surface area contributed by atoms with Gasteiger partial charge in [0.25, 0.3) is 0 Å². The van der Waals surface area contributed by atoms with Gasteiger partial charge in [-0.05, 0) is 131 Å². The van der Waals surface area contributed by atoms with Gasteiger partial charge >= 0.3 is 20.9 Å². The number of rotatable bonds is 8. The highest BCUT2D eigenvalue weighted by molar-refractivity contribution is 6.93. The Morgan fingerprint density at radius 3 is 1.11 bits per heavy atom. The molecule has 6 nitrogen and oxygen atoms in total. The number of para-hydroxylation sites is 7. The summed E-state index contributed by atoms with van der Waals surface area (Å²) < 4.78 is 0. The maximum atomic E-state index is 4.06. The summed E-state index contributed by atoms with van der Waals surface area (Å²) in [5, 5.41) is 0. The van der Waals surface area contributed by atoms with Crippen molar-refractivity contribution in [3.05, 3.63) is 268 Å². The third kappa shape index (κ3) is 5.78. The molecule has 0 saturated carbocycles. The lowest BCUT2D eigenvalue weighted by molar-refractivity contribution is 1.21. The molecule has 16 rings (SSSR count). The quantitative estimate of drug-likeness (QED) is 0.111. The van der Waals surface area contributed by atoms with Crippen molar-refractivity contribution in [2.75, 3.05) is 28.9 Å². The zero-order chi connectivity index (χ0) is 49.3. The summed E-state index contributed by atoms with van der Waals surface area (Å²) in [4.78, 5) is 15.7.